The largest absolute Gasteiger partial charge is 0.586 e. The number of hydrogen-bond donors (Lipinski definition) is 2. The van der Waals surface area contributed by atoms with Crippen LogP contribution in [0, 0.1) is 0 Å². The van der Waals surface area contributed by atoms with E-state index < -0.39 is 24.1 Å². The number of nitrogens with zero attached hydrogens (tertiary/aromatic N) is 6. The molecule has 0 atom stereocenters. The number of aromatic nitrogens is 4. The highest BCUT2D eigenvalue weighted by Gasteiger charge is 2.47. The van der Waals surface area contributed by atoms with Gasteiger partial charge in [0.2, 0.25) is 5.91 Å². The molecular weight excluding hydrogens is 580 g/mol. The first-order chi connectivity index (χ1) is 21.2. The number of nitrogens with one attached hydrogen (secondary N) is 1. The Kier molecular flexibility index (Phi) is 5.72. The summed E-state index contributed by atoms with van der Waals surface area (Å²) in [5, 5.41) is 13.1. The van der Waals surface area contributed by atoms with E-state index in [1.54, 1.807) is 40.1 Å². The minimum absolute atomic E-state index is 0.0927. The maximum absolute atomic E-state index is 14.1. The van der Waals surface area contributed by atoms with Crippen LogP contribution in [0.3, 0.4) is 0 Å². The van der Waals surface area contributed by atoms with Crippen LogP contribution in [0.1, 0.15) is 18.4 Å². The maximum atomic E-state index is 14.1. The molecule has 15 heteroatoms. The van der Waals surface area contributed by atoms with Gasteiger partial charge in [-0.05, 0) is 18.2 Å². The topological polar surface area (TPSA) is 144 Å². The first-order valence-electron chi connectivity index (χ1n) is 14.1. The zero-order chi connectivity index (χ0) is 30.2. The number of β-amino-alcohol motifs (C(OH)–C–C–N with tert-alkyl or cyclic N) is 1. The van der Waals surface area contributed by atoms with E-state index in [0.717, 1.165) is 5.56 Å². The molecule has 0 bridgehead atoms. The molecule has 2 saturated heterocycles. The Morgan fingerprint density at radius 1 is 1.05 bits per heavy atom. The molecule has 2 N–H and O–H groups in total. The molecular formula is C29H25F2N7O6. The average molecular weight is 606 g/mol. The number of fused-ring (bicyclic) bond motifs is 4. The van der Waals surface area contributed by atoms with E-state index in [0.29, 0.717) is 72.8 Å². The summed E-state index contributed by atoms with van der Waals surface area (Å²) in [4.78, 5) is 42.7. The molecule has 0 unspecified atom stereocenters. The smallest absolute Gasteiger partial charge is 0.437 e. The highest BCUT2D eigenvalue weighted by Crippen LogP contribution is 2.49. The van der Waals surface area contributed by atoms with Gasteiger partial charge in [-0.1, -0.05) is 12.1 Å². The number of aliphatic hydroxyl groups excluding tert-OH is 1. The SMILES string of the molecule is O=C1Nc2ncccc2C2(CCN(C(=O)Cn3cc(-c4cccc5c4OC(F)(F)O5)c4c(N5CC(O)C5)ncnc43)CC2)O1. The van der Waals surface area contributed by atoms with Gasteiger partial charge in [0, 0.05) is 68.1 Å². The van der Waals surface area contributed by atoms with Crippen LogP contribution in [0.25, 0.3) is 22.2 Å². The summed E-state index contributed by atoms with van der Waals surface area (Å²) in [6, 6.07) is 8.25. The predicted molar refractivity (Wildman–Crippen MR) is 149 cm³/mol. The number of halogens is 2. The molecule has 1 spiro atoms. The number of hydrogen-bond acceptors (Lipinski definition) is 10. The van der Waals surface area contributed by atoms with Gasteiger partial charge < -0.3 is 33.7 Å². The lowest BCUT2D eigenvalue weighted by Gasteiger charge is -2.43. The number of anilines is 2. The lowest BCUT2D eigenvalue weighted by molar-refractivity contribution is -0.286. The van der Waals surface area contributed by atoms with E-state index >= 15 is 0 Å². The number of para-hydroxylation sites is 1. The Morgan fingerprint density at radius 2 is 1.86 bits per heavy atom. The van der Waals surface area contributed by atoms with E-state index in [1.165, 1.54) is 12.4 Å². The molecule has 4 aromatic rings. The van der Waals surface area contributed by atoms with Crippen molar-refractivity contribution in [3.8, 4) is 22.6 Å². The number of aliphatic hydroxyl groups is 1. The third kappa shape index (κ3) is 4.17. The highest BCUT2D eigenvalue weighted by molar-refractivity contribution is 6.03. The lowest BCUT2D eigenvalue weighted by atomic mass is 9.83. The highest BCUT2D eigenvalue weighted by atomic mass is 19.3. The van der Waals surface area contributed by atoms with Crippen molar-refractivity contribution in [2.45, 2.75) is 37.4 Å². The molecule has 44 heavy (non-hydrogen) atoms. The minimum atomic E-state index is -3.82. The standard InChI is InChI=1S/C29H25F2N7O6/c30-29(31)42-20-5-1-3-17(23(20)43-29)18-13-38(26-22(18)25(33-15-34-26)37-11-16(39)12-37)14-21(40)36-9-6-28(7-10-36)19-4-2-8-32-24(19)35-27(41)44-28/h1-5,8,13,15-16,39H,6-7,9-12,14H2,(H,32,35,41). The first kappa shape index (κ1) is 26.6. The van der Waals surface area contributed by atoms with Gasteiger partial charge in [-0.3, -0.25) is 10.1 Å². The van der Waals surface area contributed by atoms with Gasteiger partial charge in [-0.2, -0.15) is 0 Å². The Bertz CT molecular complexity index is 1830. The second kappa shape index (κ2) is 9.47. The number of carbonyl (C=O) groups is 2. The van der Waals surface area contributed by atoms with Crippen LogP contribution in [0.4, 0.5) is 25.2 Å². The molecule has 0 radical (unpaired) electrons. The average Bonchev–Trinajstić information content (AvgIpc) is 3.51. The van der Waals surface area contributed by atoms with Crippen LogP contribution < -0.4 is 19.7 Å². The van der Waals surface area contributed by atoms with E-state index in [-0.39, 0.29) is 24.0 Å². The third-order valence-corrected chi connectivity index (χ3v) is 8.55. The zero-order valence-electron chi connectivity index (χ0n) is 23.1. The van der Waals surface area contributed by atoms with Crippen LogP contribution >= 0.6 is 0 Å². The molecule has 13 nitrogen and oxygen atoms in total. The Balaban J connectivity index is 1.12. The van der Waals surface area contributed by atoms with Gasteiger partial charge >= 0.3 is 12.4 Å². The first-order valence-corrected chi connectivity index (χ1v) is 14.1. The molecule has 226 valence electrons. The number of piperidine rings is 1. The summed E-state index contributed by atoms with van der Waals surface area (Å²) in [7, 11) is 0. The monoisotopic (exact) mass is 605 g/mol. The van der Waals surface area contributed by atoms with E-state index in [9.17, 15) is 23.5 Å². The molecule has 0 aliphatic carbocycles. The quantitative estimate of drug-likeness (QED) is 0.356. The van der Waals surface area contributed by atoms with Gasteiger partial charge in [-0.25, -0.2) is 19.7 Å². The molecule has 1 aromatic carbocycles. The number of benzene rings is 1. The van der Waals surface area contributed by atoms with E-state index in [4.69, 9.17) is 9.47 Å². The van der Waals surface area contributed by atoms with Crippen molar-refractivity contribution in [1.82, 2.24) is 24.4 Å². The van der Waals surface area contributed by atoms with Gasteiger partial charge in [0.1, 0.15) is 35.8 Å². The summed E-state index contributed by atoms with van der Waals surface area (Å²) in [6.07, 6.45) is 0.520. The molecule has 4 aliphatic heterocycles. The number of carbonyl (C=O) groups excluding carboxylic acids is 2. The molecule has 3 aromatic heterocycles. The maximum Gasteiger partial charge on any atom is 0.586 e. The molecule has 4 aliphatic rings. The van der Waals surface area contributed by atoms with Crippen LogP contribution in [0.2, 0.25) is 0 Å². The van der Waals surface area contributed by atoms with Crippen molar-refractivity contribution in [2.75, 3.05) is 36.4 Å². The Labute approximate surface area is 248 Å². The Hall–Kier alpha value is -5.05. The van der Waals surface area contributed by atoms with Crippen molar-refractivity contribution < 1.29 is 37.7 Å². The summed E-state index contributed by atoms with van der Waals surface area (Å²) < 4.78 is 45.2. The second-order valence-electron chi connectivity index (χ2n) is 11.2. The predicted octanol–water partition coefficient (Wildman–Crippen LogP) is 3.08. The third-order valence-electron chi connectivity index (χ3n) is 8.55. The summed E-state index contributed by atoms with van der Waals surface area (Å²) in [5.74, 6) is 0.525. The normalized spacial score (nSPS) is 19.8. The van der Waals surface area contributed by atoms with Gasteiger partial charge in [-0.15, -0.1) is 8.78 Å². The summed E-state index contributed by atoms with van der Waals surface area (Å²) in [6.45, 7) is 1.27. The number of likely N-dealkylation sites (tertiary alicyclic amines) is 1. The fourth-order valence-corrected chi connectivity index (χ4v) is 6.44. The summed E-state index contributed by atoms with van der Waals surface area (Å²) in [5.41, 5.74) is 1.13. The molecule has 2 amide bonds. The van der Waals surface area contributed by atoms with Crippen molar-refractivity contribution in [2.24, 2.45) is 0 Å². The van der Waals surface area contributed by atoms with Gasteiger partial charge in [0.15, 0.2) is 11.5 Å². The lowest BCUT2D eigenvalue weighted by Crippen LogP contribution is -2.51. The fraction of sp³-hybridized carbons (Fsp3) is 0.345. The van der Waals surface area contributed by atoms with Crippen molar-refractivity contribution >= 4 is 34.7 Å². The molecule has 2 fully saturated rings. The summed E-state index contributed by atoms with van der Waals surface area (Å²) >= 11 is 0. The van der Waals surface area contributed by atoms with Crippen LogP contribution in [0.5, 0.6) is 11.5 Å². The van der Waals surface area contributed by atoms with Crippen molar-refractivity contribution in [3.05, 3.63) is 54.6 Å². The molecule has 7 heterocycles. The Morgan fingerprint density at radius 3 is 2.66 bits per heavy atom. The minimum Gasteiger partial charge on any atom is -0.437 e. The fourth-order valence-electron chi connectivity index (χ4n) is 6.44. The van der Waals surface area contributed by atoms with Crippen LogP contribution in [-0.4, -0.2) is 80.1 Å². The van der Waals surface area contributed by atoms with Crippen molar-refractivity contribution in [3.63, 3.8) is 0 Å². The van der Waals surface area contributed by atoms with Gasteiger partial charge in [0.05, 0.1) is 11.5 Å². The van der Waals surface area contributed by atoms with E-state index in [2.05, 4.69) is 25.0 Å². The van der Waals surface area contributed by atoms with Crippen molar-refractivity contribution in [1.29, 1.82) is 0 Å². The van der Waals surface area contributed by atoms with Crippen LogP contribution in [0.15, 0.2) is 49.1 Å². The zero-order valence-corrected chi connectivity index (χ0v) is 23.1. The van der Waals surface area contributed by atoms with Gasteiger partial charge in [0.25, 0.3) is 0 Å². The van der Waals surface area contributed by atoms with E-state index in [1.807, 2.05) is 11.0 Å². The number of amides is 2. The number of rotatable bonds is 4. The number of ether oxygens (including phenoxy) is 3. The molecule has 0 saturated carbocycles. The second-order valence-corrected chi connectivity index (χ2v) is 11.2. The van der Waals surface area contributed by atoms with Crippen LogP contribution in [-0.2, 0) is 21.7 Å². The molecule has 8 rings (SSSR count). The number of alkyl halides is 2. The number of pyridine rings is 1.